The summed E-state index contributed by atoms with van der Waals surface area (Å²) in [5.41, 5.74) is 1.11. The predicted octanol–water partition coefficient (Wildman–Crippen LogP) is 1.91. The smallest absolute Gasteiger partial charge is 0.244 e. The van der Waals surface area contributed by atoms with Gasteiger partial charge in [-0.25, -0.2) is 0 Å². The zero-order chi connectivity index (χ0) is 13.7. The van der Waals surface area contributed by atoms with Gasteiger partial charge in [-0.3, -0.25) is 4.79 Å². The van der Waals surface area contributed by atoms with E-state index in [4.69, 9.17) is 9.78 Å². The molecule has 6 nitrogen and oxygen atoms in total. The molecule has 1 aromatic heterocycles. The van der Waals surface area contributed by atoms with Crippen molar-refractivity contribution >= 4 is 17.4 Å². The molecule has 2 rings (SSSR count). The highest BCUT2D eigenvalue weighted by Gasteiger charge is 2.07. The van der Waals surface area contributed by atoms with Crippen LogP contribution in [0.5, 0.6) is 0 Å². The zero-order valence-electron chi connectivity index (χ0n) is 10.3. The minimum absolute atomic E-state index is 0.0462. The monoisotopic (exact) mass is 256 g/mol. The van der Waals surface area contributed by atoms with Gasteiger partial charge in [-0.15, -0.1) is 0 Å². The minimum Gasteiger partial charge on any atom is -0.375 e. The number of para-hydroxylation sites is 1. The number of anilines is 2. The number of carbonyl (C=O) groups is 1. The van der Waals surface area contributed by atoms with Gasteiger partial charge >= 0.3 is 0 Å². The van der Waals surface area contributed by atoms with Crippen molar-refractivity contribution in [2.24, 2.45) is 0 Å². The maximum absolute atomic E-state index is 11.7. The number of hydrogen-bond acceptors (Lipinski definition) is 5. The number of rotatable bonds is 4. The fourth-order valence-electron chi connectivity index (χ4n) is 1.52. The Morgan fingerprint density at radius 1 is 1.47 bits per heavy atom. The van der Waals surface area contributed by atoms with Crippen LogP contribution in [-0.2, 0) is 4.79 Å². The van der Waals surface area contributed by atoms with Crippen molar-refractivity contribution in [1.82, 2.24) is 5.16 Å². The van der Waals surface area contributed by atoms with Crippen LogP contribution in [0.3, 0.4) is 0 Å². The highest BCUT2D eigenvalue weighted by molar-refractivity contribution is 5.93. The van der Waals surface area contributed by atoms with E-state index in [1.54, 1.807) is 37.3 Å². The lowest BCUT2D eigenvalue weighted by molar-refractivity contribution is -0.114. The first-order valence-corrected chi connectivity index (χ1v) is 5.65. The molecule has 0 fully saturated rings. The van der Waals surface area contributed by atoms with Crippen LogP contribution in [0.1, 0.15) is 11.3 Å². The average Bonchev–Trinajstić information content (AvgIpc) is 2.82. The van der Waals surface area contributed by atoms with E-state index >= 15 is 0 Å². The molecule has 0 aliphatic heterocycles. The fraction of sp³-hybridized carbons (Fsp3) is 0.154. The second-order valence-corrected chi connectivity index (χ2v) is 3.88. The molecule has 0 saturated carbocycles. The van der Waals surface area contributed by atoms with Crippen molar-refractivity contribution in [1.29, 1.82) is 5.26 Å². The van der Waals surface area contributed by atoms with Gasteiger partial charge in [-0.1, -0.05) is 17.3 Å². The fourth-order valence-corrected chi connectivity index (χ4v) is 1.52. The molecule has 0 aliphatic rings. The van der Waals surface area contributed by atoms with Crippen LogP contribution < -0.4 is 10.6 Å². The second-order valence-electron chi connectivity index (χ2n) is 3.88. The molecule has 1 aromatic carbocycles. The Morgan fingerprint density at radius 2 is 2.26 bits per heavy atom. The number of aromatic nitrogens is 1. The van der Waals surface area contributed by atoms with E-state index in [2.05, 4.69) is 21.9 Å². The molecule has 6 heteroatoms. The summed E-state index contributed by atoms with van der Waals surface area (Å²) in [4.78, 5) is 11.7. The SMILES string of the molecule is Cc1cc(NC(=O)CNc2ccccc2C#N)no1. The van der Waals surface area contributed by atoms with Crippen LogP contribution >= 0.6 is 0 Å². The quantitative estimate of drug-likeness (QED) is 0.871. The molecule has 0 spiro atoms. The highest BCUT2D eigenvalue weighted by atomic mass is 16.5. The molecule has 0 radical (unpaired) electrons. The molecule has 1 heterocycles. The first-order chi connectivity index (χ1) is 9.19. The van der Waals surface area contributed by atoms with E-state index in [1.807, 2.05) is 0 Å². The Kier molecular flexibility index (Phi) is 3.78. The van der Waals surface area contributed by atoms with Crippen molar-refractivity contribution in [3.63, 3.8) is 0 Å². The number of aryl methyl sites for hydroxylation is 1. The highest BCUT2D eigenvalue weighted by Crippen LogP contribution is 2.13. The van der Waals surface area contributed by atoms with E-state index < -0.39 is 0 Å². The van der Waals surface area contributed by atoms with Gasteiger partial charge in [0.05, 0.1) is 17.8 Å². The molecule has 96 valence electrons. The normalized spacial score (nSPS) is 9.68. The summed E-state index contributed by atoms with van der Waals surface area (Å²) in [5.74, 6) is 0.733. The van der Waals surface area contributed by atoms with Gasteiger partial charge in [0.2, 0.25) is 5.91 Å². The first kappa shape index (κ1) is 12.6. The Labute approximate surface area is 110 Å². The number of hydrogen-bond donors (Lipinski definition) is 2. The van der Waals surface area contributed by atoms with Crippen molar-refractivity contribution in [3.05, 3.63) is 41.7 Å². The number of nitrogens with zero attached hydrogens (tertiary/aromatic N) is 2. The molecule has 1 amide bonds. The molecular formula is C13H12N4O2. The number of nitrogens with one attached hydrogen (secondary N) is 2. The lowest BCUT2D eigenvalue weighted by atomic mass is 10.2. The Morgan fingerprint density at radius 3 is 2.95 bits per heavy atom. The number of amides is 1. The summed E-state index contributed by atoms with van der Waals surface area (Å²) in [6.45, 7) is 1.79. The lowest BCUT2D eigenvalue weighted by Crippen LogP contribution is -2.22. The topological polar surface area (TPSA) is 91.0 Å². The van der Waals surface area contributed by atoms with Gasteiger partial charge in [-0.2, -0.15) is 5.26 Å². The third-order valence-corrected chi connectivity index (χ3v) is 2.38. The van der Waals surface area contributed by atoms with Gasteiger partial charge in [0.1, 0.15) is 11.8 Å². The molecule has 0 saturated heterocycles. The maximum atomic E-state index is 11.7. The van der Waals surface area contributed by atoms with Crippen LogP contribution in [0.4, 0.5) is 11.5 Å². The standard InChI is InChI=1S/C13H12N4O2/c1-9-6-12(17-19-9)16-13(18)8-15-11-5-3-2-4-10(11)7-14/h2-6,15H,8H2,1H3,(H,16,17,18). The Balaban J connectivity index is 1.92. The number of nitriles is 1. The number of benzene rings is 1. The second kappa shape index (κ2) is 5.69. The third-order valence-electron chi connectivity index (χ3n) is 2.38. The lowest BCUT2D eigenvalue weighted by Gasteiger charge is -2.07. The average molecular weight is 256 g/mol. The van der Waals surface area contributed by atoms with Crippen LogP contribution in [0, 0.1) is 18.3 Å². The van der Waals surface area contributed by atoms with Crippen LogP contribution in [0.15, 0.2) is 34.9 Å². The molecule has 2 N–H and O–H groups in total. The van der Waals surface area contributed by atoms with Gasteiger partial charge in [0.25, 0.3) is 0 Å². The summed E-state index contributed by atoms with van der Waals surface area (Å²) in [6.07, 6.45) is 0. The van der Waals surface area contributed by atoms with Crippen LogP contribution in [0.25, 0.3) is 0 Å². The molecule has 19 heavy (non-hydrogen) atoms. The van der Waals surface area contributed by atoms with Crippen molar-refractivity contribution < 1.29 is 9.32 Å². The predicted molar refractivity (Wildman–Crippen MR) is 69.5 cm³/mol. The van der Waals surface area contributed by atoms with E-state index in [9.17, 15) is 4.79 Å². The molecule has 0 aliphatic carbocycles. The van der Waals surface area contributed by atoms with E-state index in [-0.39, 0.29) is 12.5 Å². The van der Waals surface area contributed by atoms with E-state index in [1.165, 1.54) is 0 Å². The van der Waals surface area contributed by atoms with Gasteiger partial charge in [-0.05, 0) is 19.1 Å². The molecular weight excluding hydrogens is 244 g/mol. The van der Waals surface area contributed by atoms with Crippen LogP contribution in [0.2, 0.25) is 0 Å². The Hall–Kier alpha value is -2.81. The Bertz CT molecular complexity index is 628. The summed E-state index contributed by atoms with van der Waals surface area (Å²) < 4.78 is 4.84. The third kappa shape index (κ3) is 3.33. The van der Waals surface area contributed by atoms with E-state index in [0.29, 0.717) is 22.8 Å². The largest absolute Gasteiger partial charge is 0.375 e. The van der Waals surface area contributed by atoms with Gasteiger partial charge in [0, 0.05) is 6.07 Å². The number of carbonyl (C=O) groups excluding carboxylic acids is 1. The summed E-state index contributed by atoms with van der Waals surface area (Å²) in [6, 6.07) is 10.7. The molecule has 0 unspecified atom stereocenters. The van der Waals surface area contributed by atoms with Crippen LogP contribution in [-0.4, -0.2) is 17.6 Å². The molecule has 0 bridgehead atoms. The van der Waals surface area contributed by atoms with Crippen molar-refractivity contribution in [2.45, 2.75) is 6.92 Å². The van der Waals surface area contributed by atoms with Gasteiger partial charge in [0.15, 0.2) is 5.82 Å². The molecule has 0 atom stereocenters. The van der Waals surface area contributed by atoms with Gasteiger partial charge < -0.3 is 15.2 Å². The molecule has 2 aromatic rings. The minimum atomic E-state index is -0.263. The summed E-state index contributed by atoms with van der Waals surface area (Å²) in [5, 5.41) is 18.0. The van der Waals surface area contributed by atoms with Crippen molar-refractivity contribution in [2.75, 3.05) is 17.2 Å². The first-order valence-electron chi connectivity index (χ1n) is 5.65. The zero-order valence-corrected chi connectivity index (χ0v) is 10.3. The van der Waals surface area contributed by atoms with Crippen molar-refractivity contribution in [3.8, 4) is 6.07 Å². The summed E-state index contributed by atoms with van der Waals surface area (Å²) in [7, 11) is 0. The maximum Gasteiger partial charge on any atom is 0.244 e. The van der Waals surface area contributed by atoms with E-state index in [0.717, 1.165) is 0 Å². The summed E-state index contributed by atoms with van der Waals surface area (Å²) >= 11 is 0.